The summed E-state index contributed by atoms with van der Waals surface area (Å²) in [4.78, 5) is 25.9. The van der Waals surface area contributed by atoms with Crippen LogP contribution in [0.5, 0.6) is 5.75 Å². The summed E-state index contributed by atoms with van der Waals surface area (Å²) in [5.74, 6) is -2.08. The smallest absolute Gasteiger partial charge is 0.406 e. The maximum Gasteiger partial charge on any atom is 0.573 e. The molecular formula is C16H17F3N2O5S. The highest BCUT2D eigenvalue weighted by Gasteiger charge is 2.42. The van der Waals surface area contributed by atoms with Crippen molar-refractivity contribution in [1.82, 2.24) is 4.90 Å². The van der Waals surface area contributed by atoms with Gasteiger partial charge in [0, 0.05) is 30.8 Å². The van der Waals surface area contributed by atoms with Crippen LogP contribution in [0.3, 0.4) is 0 Å². The summed E-state index contributed by atoms with van der Waals surface area (Å²) in [6.45, 7) is 0.0869. The van der Waals surface area contributed by atoms with Crippen LogP contribution < -0.4 is 10.1 Å². The van der Waals surface area contributed by atoms with E-state index in [1.807, 2.05) is 0 Å². The molecule has 0 spiro atoms. The van der Waals surface area contributed by atoms with Crippen molar-refractivity contribution in [3.8, 4) is 5.75 Å². The molecule has 3 rings (SSSR count). The topological polar surface area (TPSA) is 92.8 Å². The summed E-state index contributed by atoms with van der Waals surface area (Å²) in [5, 5.41) is 2.47. The predicted molar refractivity (Wildman–Crippen MR) is 88.6 cm³/mol. The van der Waals surface area contributed by atoms with Gasteiger partial charge in [0.25, 0.3) is 0 Å². The first kappa shape index (κ1) is 19.5. The molecule has 27 heavy (non-hydrogen) atoms. The lowest BCUT2D eigenvalue weighted by Crippen LogP contribution is -2.38. The van der Waals surface area contributed by atoms with E-state index in [0.29, 0.717) is 6.42 Å². The Kier molecular flexibility index (Phi) is 5.06. The summed E-state index contributed by atoms with van der Waals surface area (Å²) < 4.78 is 63.8. The average molecular weight is 406 g/mol. The Morgan fingerprint density at radius 3 is 2.67 bits per heavy atom. The SMILES string of the molecule is O=C(Nc1cccc(OC(F)(F)F)c1)[C@@H]1CC(=O)N([C@H]2CCS(=O)(=O)C2)C1. The Hall–Kier alpha value is -2.30. The number of benzene rings is 1. The molecule has 2 aliphatic heterocycles. The molecule has 2 amide bonds. The van der Waals surface area contributed by atoms with Crippen molar-refractivity contribution in [2.75, 3.05) is 23.4 Å². The van der Waals surface area contributed by atoms with Gasteiger partial charge in [0.2, 0.25) is 11.8 Å². The minimum absolute atomic E-state index is 0.0182. The highest BCUT2D eigenvalue weighted by molar-refractivity contribution is 7.91. The molecule has 1 aromatic carbocycles. The number of hydrogen-bond donors (Lipinski definition) is 1. The maximum atomic E-state index is 12.4. The molecule has 0 radical (unpaired) electrons. The van der Waals surface area contributed by atoms with Gasteiger partial charge in [-0.15, -0.1) is 13.2 Å². The number of rotatable bonds is 4. The normalized spacial score (nSPS) is 24.9. The Bertz CT molecular complexity index is 856. The van der Waals surface area contributed by atoms with Crippen molar-refractivity contribution in [3.05, 3.63) is 24.3 Å². The molecule has 0 bridgehead atoms. The molecule has 2 fully saturated rings. The molecule has 2 heterocycles. The summed E-state index contributed by atoms with van der Waals surface area (Å²) in [6.07, 6.45) is -4.57. The number of nitrogens with zero attached hydrogens (tertiary/aromatic N) is 1. The fourth-order valence-corrected chi connectivity index (χ4v) is 5.03. The number of alkyl halides is 3. The van der Waals surface area contributed by atoms with Gasteiger partial charge in [-0.1, -0.05) is 6.07 Å². The third-order valence-electron chi connectivity index (χ3n) is 4.51. The van der Waals surface area contributed by atoms with Gasteiger partial charge in [-0.05, 0) is 18.6 Å². The first-order valence-corrected chi connectivity index (χ1v) is 10.0. The highest BCUT2D eigenvalue weighted by atomic mass is 32.2. The van der Waals surface area contributed by atoms with Crippen LogP contribution in [-0.4, -0.2) is 55.6 Å². The van der Waals surface area contributed by atoms with Crippen molar-refractivity contribution >= 4 is 27.3 Å². The zero-order valence-electron chi connectivity index (χ0n) is 14.0. The van der Waals surface area contributed by atoms with E-state index >= 15 is 0 Å². The van der Waals surface area contributed by atoms with Gasteiger partial charge in [0.1, 0.15) is 5.75 Å². The lowest BCUT2D eigenvalue weighted by molar-refractivity contribution is -0.274. The van der Waals surface area contributed by atoms with Crippen LogP contribution in [0, 0.1) is 5.92 Å². The van der Waals surface area contributed by atoms with Gasteiger partial charge in [0.05, 0.1) is 17.4 Å². The number of hydrogen-bond acceptors (Lipinski definition) is 5. The summed E-state index contributed by atoms with van der Waals surface area (Å²) in [6, 6.07) is 4.41. The van der Waals surface area contributed by atoms with Crippen LogP contribution in [0.25, 0.3) is 0 Å². The molecule has 148 valence electrons. The zero-order chi connectivity index (χ0) is 19.8. The van der Waals surface area contributed by atoms with Gasteiger partial charge in [-0.2, -0.15) is 0 Å². The van der Waals surface area contributed by atoms with Gasteiger partial charge in [-0.3, -0.25) is 9.59 Å². The van der Waals surface area contributed by atoms with Gasteiger partial charge < -0.3 is 15.0 Å². The van der Waals surface area contributed by atoms with Gasteiger partial charge >= 0.3 is 6.36 Å². The van der Waals surface area contributed by atoms with Crippen molar-refractivity contribution < 1.29 is 35.9 Å². The number of carbonyl (C=O) groups excluding carboxylic acids is 2. The van der Waals surface area contributed by atoms with E-state index in [4.69, 9.17) is 0 Å². The van der Waals surface area contributed by atoms with Crippen molar-refractivity contribution in [2.24, 2.45) is 5.92 Å². The van der Waals surface area contributed by atoms with E-state index in [1.165, 1.54) is 17.0 Å². The Labute approximate surface area is 153 Å². The predicted octanol–water partition coefficient (Wildman–Crippen LogP) is 1.56. The molecule has 11 heteroatoms. The molecule has 2 aliphatic rings. The molecule has 0 unspecified atom stereocenters. The van der Waals surface area contributed by atoms with Gasteiger partial charge in [-0.25, -0.2) is 8.42 Å². The Morgan fingerprint density at radius 2 is 2.04 bits per heavy atom. The number of likely N-dealkylation sites (tertiary alicyclic amines) is 1. The summed E-state index contributed by atoms with van der Waals surface area (Å²) >= 11 is 0. The van der Waals surface area contributed by atoms with Crippen molar-refractivity contribution in [2.45, 2.75) is 25.2 Å². The number of carbonyl (C=O) groups is 2. The third kappa shape index (κ3) is 4.90. The molecule has 1 aromatic rings. The lowest BCUT2D eigenvalue weighted by atomic mass is 10.1. The monoisotopic (exact) mass is 406 g/mol. The van der Waals surface area contributed by atoms with E-state index in [1.54, 1.807) is 0 Å². The largest absolute Gasteiger partial charge is 0.573 e. The minimum atomic E-state index is -4.84. The molecule has 2 atom stereocenters. The molecule has 0 aliphatic carbocycles. The van der Waals surface area contributed by atoms with E-state index in [9.17, 15) is 31.2 Å². The fourth-order valence-electron chi connectivity index (χ4n) is 3.30. The average Bonchev–Trinajstić information content (AvgIpc) is 3.08. The van der Waals surface area contributed by atoms with Crippen LogP contribution in [-0.2, 0) is 19.4 Å². The van der Waals surface area contributed by atoms with E-state index in [-0.39, 0.29) is 36.1 Å². The zero-order valence-corrected chi connectivity index (χ0v) is 14.8. The summed E-state index contributed by atoms with van der Waals surface area (Å²) in [7, 11) is -3.16. The maximum absolute atomic E-state index is 12.4. The van der Waals surface area contributed by atoms with E-state index < -0.39 is 39.8 Å². The molecule has 1 N–H and O–H groups in total. The molecule has 2 saturated heterocycles. The second-order valence-corrected chi connectivity index (χ2v) is 8.80. The number of nitrogens with one attached hydrogen (secondary N) is 1. The standard InChI is InChI=1S/C16H17F3N2O5S/c17-16(18,19)26-13-3-1-2-11(7-13)20-15(23)10-6-14(22)21(8-10)12-4-5-27(24,25)9-12/h1-3,7,10,12H,4-6,8-9H2,(H,20,23)/t10-,12+/m1/s1. The first-order chi connectivity index (χ1) is 12.5. The van der Waals surface area contributed by atoms with E-state index in [2.05, 4.69) is 10.1 Å². The van der Waals surface area contributed by atoms with Crippen LogP contribution in [0.1, 0.15) is 12.8 Å². The number of halogens is 3. The third-order valence-corrected chi connectivity index (χ3v) is 6.26. The molecule has 7 nitrogen and oxygen atoms in total. The Balaban J connectivity index is 1.62. The van der Waals surface area contributed by atoms with Crippen LogP contribution in [0.15, 0.2) is 24.3 Å². The molecule has 0 aromatic heterocycles. The first-order valence-electron chi connectivity index (χ1n) is 8.19. The number of ether oxygens (including phenoxy) is 1. The van der Waals surface area contributed by atoms with Crippen molar-refractivity contribution in [3.63, 3.8) is 0 Å². The number of amides is 2. The number of sulfone groups is 1. The second-order valence-electron chi connectivity index (χ2n) is 6.57. The fraction of sp³-hybridized carbons (Fsp3) is 0.500. The lowest BCUT2D eigenvalue weighted by Gasteiger charge is -2.23. The van der Waals surface area contributed by atoms with E-state index in [0.717, 1.165) is 12.1 Å². The van der Waals surface area contributed by atoms with Crippen LogP contribution >= 0.6 is 0 Å². The molecule has 0 saturated carbocycles. The quantitative estimate of drug-likeness (QED) is 0.819. The Morgan fingerprint density at radius 1 is 1.30 bits per heavy atom. The minimum Gasteiger partial charge on any atom is -0.406 e. The van der Waals surface area contributed by atoms with Crippen LogP contribution in [0.2, 0.25) is 0 Å². The highest BCUT2D eigenvalue weighted by Crippen LogP contribution is 2.28. The van der Waals surface area contributed by atoms with Crippen molar-refractivity contribution in [1.29, 1.82) is 0 Å². The number of anilines is 1. The second kappa shape index (κ2) is 7.02. The van der Waals surface area contributed by atoms with Crippen LogP contribution in [0.4, 0.5) is 18.9 Å². The summed E-state index contributed by atoms with van der Waals surface area (Å²) in [5.41, 5.74) is 0.107. The van der Waals surface area contributed by atoms with Gasteiger partial charge in [0.15, 0.2) is 9.84 Å². The molecular weight excluding hydrogens is 389 g/mol.